The van der Waals surface area contributed by atoms with Gasteiger partial charge in [-0.3, -0.25) is 0 Å². The molecule has 2 heterocycles. The molecule has 0 saturated carbocycles. The molecule has 1 aromatic heterocycles. The Hall–Kier alpha value is -1.57. The average molecular weight is 218 g/mol. The summed E-state index contributed by atoms with van der Waals surface area (Å²) in [6.07, 6.45) is 1.66. The summed E-state index contributed by atoms with van der Waals surface area (Å²) in [6, 6.07) is 1.91. The molecule has 4 heteroatoms. The van der Waals surface area contributed by atoms with E-state index in [0.717, 1.165) is 11.1 Å². The van der Waals surface area contributed by atoms with E-state index >= 15 is 0 Å². The molecule has 0 radical (unpaired) electrons. The van der Waals surface area contributed by atoms with Gasteiger partial charge in [-0.2, -0.15) is 0 Å². The minimum absolute atomic E-state index is 0.435. The van der Waals surface area contributed by atoms with Crippen LogP contribution in [0.25, 0.3) is 0 Å². The molecule has 0 aliphatic carbocycles. The number of rotatable bonds is 1. The highest BCUT2D eigenvalue weighted by molar-refractivity contribution is 5.45. The number of nitrogens with zero attached hydrogens (tertiary/aromatic N) is 1. The van der Waals surface area contributed by atoms with Crippen LogP contribution in [-0.4, -0.2) is 30.9 Å². The molecule has 0 amide bonds. The van der Waals surface area contributed by atoms with E-state index in [1.54, 1.807) is 13.3 Å². The van der Waals surface area contributed by atoms with Gasteiger partial charge in [-0.1, -0.05) is 11.8 Å². The lowest BCUT2D eigenvalue weighted by Crippen LogP contribution is -2.50. The van der Waals surface area contributed by atoms with Crippen LogP contribution in [0.1, 0.15) is 11.1 Å². The molecule has 84 valence electrons. The molecule has 4 nitrogen and oxygen atoms in total. The van der Waals surface area contributed by atoms with Crippen molar-refractivity contribution in [3.05, 3.63) is 23.4 Å². The standard InChI is InChI=1S/C12H14N2O2/c1-9-5-10(6-14-11(9)13)3-4-12(15-2)7-16-8-12/h5-6H,7-8H2,1-2H3,(H2,13,14). The molecule has 1 saturated heterocycles. The van der Waals surface area contributed by atoms with Crippen molar-refractivity contribution >= 4 is 5.82 Å². The van der Waals surface area contributed by atoms with Crippen molar-refractivity contribution in [2.24, 2.45) is 0 Å². The lowest BCUT2D eigenvalue weighted by Gasteiger charge is -2.35. The molecule has 16 heavy (non-hydrogen) atoms. The zero-order valence-corrected chi connectivity index (χ0v) is 9.41. The van der Waals surface area contributed by atoms with E-state index in [1.165, 1.54) is 0 Å². The van der Waals surface area contributed by atoms with Crippen LogP contribution in [0.3, 0.4) is 0 Å². The van der Waals surface area contributed by atoms with Crippen LogP contribution in [0.15, 0.2) is 12.3 Å². The van der Waals surface area contributed by atoms with Crippen LogP contribution in [0.2, 0.25) is 0 Å². The van der Waals surface area contributed by atoms with Crippen LogP contribution < -0.4 is 5.73 Å². The van der Waals surface area contributed by atoms with Gasteiger partial charge in [0.2, 0.25) is 0 Å². The smallest absolute Gasteiger partial charge is 0.174 e. The quantitative estimate of drug-likeness (QED) is 0.706. The first kappa shape index (κ1) is 10.9. The fourth-order valence-corrected chi connectivity index (χ4v) is 1.37. The molecule has 2 N–H and O–H groups in total. The van der Waals surface area contributed by atoms with Gasteiger partial charge in [0.15, 0.2) is 5.60 Å². The monoisotopic (exact) mass is 218 g/mol. The van der Waals surface area contributed by atoms with E-state index in [1.807, 2.05) is 13.0 Å². The number of aromatic nitrogens is 1. The molecule has 1 fully saturated rings. The number of aryl methyl sites for hydroxylation is 1. The van der Waals surface area contributed by atoms with Crippen molar-refractivity contribution in [3.63, 3.8) is 0 Å². The molecule has 0 bridgehead atoms. The van der Waals surface area contributed by atoms with Crippen molar-refractivity contribution in [2.75, 3.05) is 26.1 Å². The van der Waals surface area contributed by atoms with Gasteiger partial charge in [0.1, 0.15) is 5.82 Å². The highest BCUT2D eigenvalue weighted by atomic mass is 16.6. The number of nitrogen functional groups attached to an aromatic ring is 1. The van der Waals surface area contributed by atoms with Crippen LogP contribution in [0.4, 0.5) is 5.82 Å². The molecule has 1 aliphatic heterocycles. The van der Waals surface area contributed by atoms with Crippen LogP contribution in [-0.2, 0) is 9.47 Å². The topological polar surface area (TPSA) is 57.4 Å². The first-order chi connectivity index (χ1) is 7.65. The summed E-state index contributed by atoms with van der Waals surface area (Å²) in [4.78, 5) is 4.05. The summed E-state index contributed by atoms with van der Waals surface area (Å²) >= 11 is 0. The van der Waals surface area contributed by atoms with E-state index in [4.69, 9.17) is 15.2 Å². The maximum absolute atomic E-state index is 5.63. The average Bonchev–Trinajstić information content (AvgIpc) is 2.22. The predicted octanol–water partition coefficient (Wildman–Crippen LogP) is 0.739. The van der Waals surface area contributed by atoms with Crippen molar-refractivity contribution in [3.8, 4) is 11.8 Å². The molecule has 0 spiro atoms. The number of nitrogens with two attached hydrogens (primary N) is 1. The molecular formula is C12H14N2O2. The number of hydrogen-bond acceptors (Lipinski definition) is 4. The Labute approximate surface area is 94.8 Å². The van der Waals surface area contributed by atoms with Crippen LogP contribution >= 0.6 is 0 Å². The highest BCUT2D eigenvalue weighted by Crippen LogP contribution is 2.19. The predicted molar refractivity (Wildman–Crippen MR) is 60.8 cm³/mol. The van der Waals surface area contributed by atoms with Crippen molar-refractivity contribution in [1.29, 1.82) is 0 Å². The van der Waals surface area contributed by atoms with Gasteiger partial charge in [0.25, 0.3) is 0 Å². The van der Waals surface area contributed by atoms with Crippen LogP contribution in [0, 0.1) is 18.8 Å². The lowest BCUT2D eigenvalue weighted by atomic mass is 10.0. The van der Waals surface area contributed by atoms with E-state index in [0.29, 0.717) is 19.0 Å². The molecule has 0 aromatic carbocycles. The van der Waals surface area contributed by atoms with Crippen molar-refractivity contribution in [2.45, 2.75) is 12.5 Å². The fraction of sp³-hybridized carbons (Fsp3) is 0.417. The third-order valence-corrected chi connectivity index (χ3v) is 2.61. The van der Waals surface area contributed by atoms with Crippen LogP contribution in [0.5, 0.6) is 0 Å². The number of pyridine rings is 1. The zero-order chi connectivity index (χ0) is 11.6. The molecule has 1 aliphatic rings. The largest absolute Gasteiger partial charge is 0.383 e. The minimum atomic E-state index is -0.435. The van der Waals surface area contributed by atoms with E-state index in [-0.39, 0.29) is 0 Å². The fourth-order valence-electron chi connectivity index (χ4n) is 1.37. The molecular weight excluding hydrogens is 204 g/mol. The van der Waals surface area contributed by atoms with Gasteiger partial charge in [-0.05, 0) is 18.6 Å². The summed E-state index contributed by atoms with van der Waals surface area (Å²) in [5.41, 5.74) is 6.97. The second kappa shape index (κ2) is 4.12. The Morgan fingerprint density at radius 2 is 2.31 bits per heavy atom. The van der Waals surface area contributed by atoms with Gasteiger partial charge in [-0.15, -0.1) is 0 Å². The summed E-state index contributed by atoms with van der Waals surface area (Å²) in [5.74, 6) is 6.64. The lowest BCUT2D eigenvalue weighted by molar-refractivity contribution is -0.159. The summed E-state index contributed by atoms with van der Waals surface area (Å²) in [7, 11) is 1.64. The second-order valence-electron chi connectivity index (χ2n) is 3.87. The van der Waals surface area contributed by atoms with Crippen molar-refractivity contribution < 1.29 is 9.47 Å². The third kappa shape index (κ3) is 2.01. The van der Waals surface area contributed by atoms with Gasteiger partial charge >= 0.3 is 0 Å². The molecule has 0 atom stereocenters. The maximum atomic E-state index is 5.63. The Morgan fingerprint density at radius 3 is 2.81 bits per heavy atom. The minimum Gasteiger partial charge on any atom is -0.383 e. The normalized spacial score (nSPS) is 17.1. The number of methoxy groups -OCH3 is 1. The number of hydrogen-bond donors (Lipinski definition) is 1. The summed E-state index contributed by atoms with van der Waals surface area (Å²) in [5, 5.41) is 0. The Kier molecular flexibility index (Phi) is 2.82. The molecule has 0 unspecified atom stereocenters. The molecule has 1 aromatic rings. The maximum Gasteiger partial charge on any atom is 0.174 e. The Bertz CT molecular complexity index is 450. The summed E-state index contributed by atoms with van der Waals surface area (Å²) < 4.78 is 10.4. The first-order valence-corrected chi connectivity index (χ1v) is 5.03. The second-order valence-corrected chi connectivity index (χ2v) is 3.87. The van der Waals surface area contributed by atoms with Gasteiger partial charge in [0.05, 0.1) is 13.2 Å². The van der Waals surface area contributed by atoms with E-state index < -0.39 is 5.60 Å². The Balaban J connectivity index is 2.20. The van der Waals surface area contributed by atoms with Gasteiger partial charge in [0, 0.05) is 18.9 Å². The zero-order valence-electron chi connectivity index (χ0n) is 9.41. The van der Waals surface area contributed by atoms with Crippen molar-refractivity contribution in [1.82, 2.24) is 4.98 Å². The van der Waals surface area contributed by atoms with E-state index in [2.05, 4.69) is 16.8 Å². The highest BCUT2D eigenvalue weighted by Gasteiger charge is 2.36. The summed E-state index contributed by atoms with van der Waals surface area (Å²) in [6.45, 7) is 2.96. The van der Waals surface area contributed by atoms with E-state index in [9.17, 15) is 0 Å². The number of anilines is 1. The third-order valence-electron chi connectivity index (χ3n) is 2.61. The molecule has 2 rings (SSSR count). The van der Waals surface area contributed by atoms with Gasteiger partial charge in [-0.25, -0.2) is 4.98 Å². The Morgan fingerprint density at radius 1 is 1.56 bits per heavy atom. The number of ether oxygens (including phenoxy) is 2. The first-order valence-electron chi connectivity index (χ1n) is 5.03. The SMILES string of the molecule is COC1(C#Cc2cnc(N)c(C)c2)COC1. The van der Waals surface area contributed by atoms with Gasteiger partial charge < -0.3 is 15.2 Å².